The zero-order valence-electron chi connectivity index (χ0n) is 20.9. The molecule has 2 fully saturated rings. The van der Waals surface area contributed by atoms with Crippen molar-refractivity contribution in [3.63, 3.8) is 0 Å². The van der Waals surface area contributed by atoms with Gasteiger partial charge in [0.15, 0.2) is 0 Å². The molecule has 0 bridgehead atoms. The molecule has 36 heavy (non-hydrogen) atoms. The first-order valence-electron chi connectivity index (χ1n) is 12.7. The van der Waals surface area contributed by atoms with Crippen molar-refractivity contribution in [3.8, 4) is 17.0 Å². The highest BCUT2D eigenvalue weighted by Gasteiger charge is 2.30. The van der Waals surface area contributed by atoms with Crippen LogP contribution in [0.1, 0.15) is 60.6 Å². The Hall–Kier alpha value is -3.46. The van der Waals surface area contributed by atoms with Crippen molar-refractivity contribution < 1.29 is 19.4 Å². The Morgan fingerprint density at radius 1 is 1.14 bits per heavy atom. The Balaban J connectivity index is 1.39. The van der Waals surface area contributed by atoms with Gasteiger partial charge in [-0.1, -0.05) is 11.6 Å². The van der Waals surface area contributed by atoms with Gasteiger partial charge in [0, 0.05) is 23.3 Å². The third-order valence-electron chi connectivity index (χ3n) is 7.05. The second kappa shape index (κ2) is 9.89. The number of ether oxygens (including phenoxy) is 1. The summed E-state index contributed by atoms with van der Waals surface area (Å²) in [5.41, 5.74) is 5.17. The molecule has 3 atom stereocenters. The van der Waals surface area contributed by atoms with Gasteiger partial charge in [0.2, 0.25) is 5.91 Å². The molecular weight excluding hydrogens is 458 g/mol. The number of rotatable bonds is 8. The van der Waals surface area contributed by atoms with Crippen LogP contribution in [0.25, 0.3) is 22.3 Å². The quantitative estimate of drug-likeness (QED) is 0.383. The lowest BCUT2D eigenvalue weighted by Crippen LogP contribution is -2.40. The summed E-state index contributed by atoms with van der Waals surface area (Å²) < 4.78 is 6.15. The summed E-state index contributed by atoms with van der Waals surface area (Å²) in [6.45, 7) is 6.03. The predicted octanol–water partition coefficient (Wildman–Crippen LogP) is 3.18. The second-order valence-electron chi connectivity index (χ2n) is 10.2. The average molecular weight is 492 g/mol. The van der Waals surface area contributed by atoms with Crippen molar-refractivity contribution in [2.45, 2.75) is 71.1 Å². The van der Waals surface area contributed by atoms with Gasteiger partial charge in [0.25, 0.3) is 5.91 Å². The molecule has 2 heterocycles. The number of nitrogens with one attached hydrogen (secondary N) is 3. The van der Waals surface area contributed by atoms with Crippen molar-refractivity contribution in [3.05, 3.63) is 41.3 Å². The lowest BCUT2D eigenvalue weighted by molar-refractivity contribution is -0.129. The molecule has 9 nitrogen and oxygen atoms in total. The zero-order valence-corrected chi connectivity index (χ0v) is 20.9. The molecule has 0 aliphatic heterocycles. The van der Waals surface area contributed by atoms with Crippen molar-refractivity contribution in [2.75, 3.05) is 6.61 Å². The van der Waals surface area contributed by atoms with Gasteiger partial charge in [-0.25, -0.2) is 9.97 Å². The maximum absolute atomic E-state index is 13.3. The molecule has 2 aliphatic carbocycles. The summed E-state index contributed by atoms with van der Waals surface area (Å²) in [5, 5.41) is 15.4. The number of aromatic amines is 1. The molecule has 1 aromatic carbocycles. The maximum atomic E-state index is 13.3. The van der Waals surface area contributed by atoms with Crippen LogP contribution in [0.4, 0.5) is 0 Å². The maximum Gasteiger partial charge on any atom is 0.255 e. The zero-order chi connectivity index (χ0) is 25.4. The van der Waals surface area contributed by atoms with E-state index in [0.29, 0.717) is 46.9 Å². The van der Waals surface area contributed by atoms with E-state index in [1.807, 2.05) is 26.0 Å². The minimum Gasteiger partial charge on any atom is -0.493 e. The van der Waals surface area contributed by atoms with E-state index in [0.717, 1.165) is 29.7 Å². The molecule has 2 aromatic heterocycles. The molecule has 4 N–H and O–H groups in total. The van der Waals surface area contributed by atoms with E-state index in [9.17, 15) is 14.7 Å². The molecule has 5 rings (SSSR count). The highest BCUT2D eigenvalue weighted by Crippen LogP contribution is 2.37. The lowest BCUT2D eigenvalue weighted by atomic mass is 10.1. The SMILES string of the molecule is Cc1ccc(OCC2CC2)c(-c2ncnc3c(C(=O)N[C@H]4CC[C@H](NC(=O)[C@H](C)O)C4)c(C)[nH]c23)c1. The highest BCUT2D eigenvalue weighted by molar-refractivity contribution is 6.09. The topological polar surface area (TPSA) is 129 Å². The second-order valence-corrected chi connectivity index (χ2v) is 10.2. The monoisotopic (exact) mass is 491 g/mol. The Morgan fingerprint density at radius 2 is 1.89 bits per heavy atom. The van der Waals surface area contributed by atoms with Crippen LogP contribution in [0.15, 0.2) is 24.5 Å². The first-order chi connectivity index (χ1) is 17.3. The van der Waals surface area contributed by atoms with Gasteiger partial charge in [-0.05, 0) is 70.9 Å². The number of aromatic nitrogens is 3. The van der Waals surface area contributed by atoms with Gasteiger partial charge in [0.05, 0.1) is 17.7 Å². The smallest absolute Gasteiger partial charge is 0.255 e. The Labute approximate surface area is 210 Å². The lowest BCUT2D eigenvalue weighted by Gasteiger charge is -2.15. The Morgan fingerprint density at radius 3 is 2.61 bits per heavy atom. The molecule has 2 amide bonds. The molecular formula is C27H33N5O4. The number of aryl methyl sites for hydroxylation is 2. The molecule has 0 unspecified atom stereocenters. The molecule has 2 aliphatic rings. The van der Waals surface area contributed by atoms with Crippen LogP contribution in [-0.4, -0.2) is 56.7 Å². The van der Waals surface area contributed by atoms with E-state index in [2.05, 4.69) is 31.7 Å². The number of carbonyl (C=O) groups is 2. The standard InChI is InChI=1S/C27H33N5O4/c1-14-4-9-21(36-12-17-5-6-17)20(10-14)23-25-24(29-13-28-23)22(15(2)30-25)27(35)32-19-8-7-18(11-19)31-26(34)16(3)33/h4,9-10,13,16-19,30,33H,5-8,11-12H2,1-3H3,(H,31,34)(H,32,35)/t16-,18-,19-/m0/s1. The van der Waals surface area contributed by atoms with Crippen LogP contribution in [0.2, 0.25) is 0 Å². The van der Waals surface area contributed by atoms with Gasteiger partial charge >= 0.3 is 0 Å². The van der Waals surface area contributed by atoms with Crippen LogP contribution >= 0.6 is 0 Å². The van der Waals surface area contributed by atoms with E-state index in [4.69, 9.17) is 4.74 Å². The van der Waals surface area contributed by atoms with E-state index in [1.54, 1.807) is 0 Å². The fourth-order valence-corrected chi connectivity index (χ4v) is 4.87. The molecule has 2 saturated carbocycles. The van der Waals surface area contributed by atoms with Crippen LogP contribution in [0.3, 0.4) is 0 Å². The number of hydrogen-bond acceptors (Lipinski definition) is 6. The fourth-order valence-electron chi connectivity index (χ4n) is 4.87. The molecule has 9 heteroatoms. The van der Waals surface area contributed by atoms with Gasteiger partial charge in [0.1, 0.15) is 29.4 Å². The number of amides is 2. The number of fused-ring (bicyclic) bond motifs is 1. The predicted molar refractivity (Wildman–Crippen MR) is 136 cm³/mol. The average Bonchev–Trinajstić information content (AvgIpc) is 3.47. The summed E-state index contributed by atoms with van der Waals surface area (Å²) in [6.07, 6.45) is 4.99. The van der Waals surface area contributed by atoms with E-state index in [-0.39, 0.29) is 23.9 Å². The largest absolute Gasteiger partial charge is 0.493 e. The number of nitrogens with zero attached hydrogens (tertiary/aromatic N) is 2. The number of H-pyrrole nitrogens is 1. The number of carbonyl (C=O) groups excluding carboxylic acids is 2. The van der Waals surface area contributed by atoms with E-state index >= 15 is 0 Å². The first kappa shape index (κ1) is 24.2. The molecule has 0 spiro atoms. The molecule has 190 valence electrons. The van der Waals surface area contributed by atoms with Crippen LogP contribution in [0, 0.1) is 19.8 Å². The van der Waals surface area contributed by atoms with E-state index < -0.39 is 6.10 Å². The first-order valence-corrected chi connectivity index (χ1v) is 12.7. The van der Waals surface area contributed by atoms with Crippen molar-refractivity contribution in [1.29, 1.82) is 0 Å². The van der Waals surface area contributed by atoms with E-state index in [1.165, 1.54) is 26.1 Å². The molecule has 0 radical (unpaired) electrons. The third kappa shape index (κ3) is 5.06. The third-order valence-corrected chi connectivity index (χ3v) is 7.05. The number of aliphatic hydroxyl groups is 1. The summed E-state index contributed by atoms with van der Waals surface area (Å²) in [6, 6.07) is 5.94. The minimum atomic E-state index is -1.05. The normalized spacial score (nSPS) is 20.3. The van der Waals surface area contributed by atoms with Gasteiger partial charge in [-0.2, -0.15) is 0 Å². The van der Waals surface area contributed by atoms with Crippen molar-refractivity contribution >= 4 is 22.8 Å². The Bertz CT molecular complexity index is 1300. The number of aliphatic hydroxyl groups excluding tert-OH is 1. The summed E-state index contributed by atoms with van der Waals surface area (Å²) in [5.74, 6) is 0.816. The van der Waals surface area contributed by atoms with Crippen LogP contribution < -0.4 is 15.4 Å². The van der Waals surface area contributed by atoms with Gasteiger partial charge < -0.3 is 25.5 Å². The van der Waals surface area contributed by atoms with Crippen LogP contribution in [0.5, 0.6) is 5.75 Å². The van der Waals surface area contributed by atoms with Gasteiger partial charge in [-0.3, -0.25) is 9.59 Å². The molecule has 0 saturated heterocycles. The number of hydrogen-bond donors (Lipinski definition) is 4. The fraction of sp³-hybridized carbons (Fsp3) is 0.481. The number of benzene rings is 1. The van der Waals surface area contributed by atoms with Crippen molar-refractivity contribution in [1.82, 2.24) is 25.6 Å². The summed E-state index contributed by atoms with van der Waals surface area (Å²) in [4.78, 5) is 37.5. The van der Waals surface area contributed by atoms with Crippen molar-refractivity contribution in [2.24, 2.45) is 5.92 Å². The summed E-state index contributed by atoms with van der Waals surface area (Å²) >= 11 is 0. The Kier molecular flexibility index (Phi) is 6.66. The van der Waals surface area contributed by atoms with Gasteiger partial charge in [-0.15, -0.1) is 0 Å². The summed E-state index contributed by atoms with van der Waals surface area (Å²) in [7, 11) is 0. The highest BCUT2D eigenvalue weighted by atomic mass is 16.5. The minimum absolute atomic E-state index is 0.0641. The molecule has 3 aromatic rings. The van der Waals surface area contributed by atoms with Crippen LogP contribution in [-0.2, 0) is 4.79 Å².